The Morgan fingerprint density at radius 2 is 1.88 bits per heavy atom. The fourth-order valence-electron chi connectivity index (χ4n) is 1.47. The molecule has 0 aliphatic carbocycles. The van der Waals surface area contributed by atoms with E-state index in [1.807, 2.05) is 18.2 Å². The molecule has 0 aliphatic rings. The third-order valence-electron chi connectivity index (χ3n) is 2.36. The molecule has 0 saturated heterocycles. The van der Waals surface area contributed by atoms with Crippen molar-refractivity contribution in [3.8, 4) is 0 Å². The van der Waals surface area contributed by atoms with Crippen LogP contribution < -0.4 is 0 Å². The number of rotatable bonds is 2. The molecule has 0 fully saturated rings. The van der Waals surface area contributed by atoms with Gasteiger partial charge in [-0.2, -0.15) is 0 Å². The Kier molecular flexibility index (Phi) is 4.59. The molecule has 0 N–H and O–H groups in total. The van der Waals surface area contributed by atoms with Crippen molar-refractivity contribution < 1.29 is 0 Å². The Bertz CT molecular complexity index is 532. The van der Waals surface area contributed by atoms with E-state index < -0.39 is 0 Å². The van der Waals surface area contributed by atoms with Crippen LogP contribution in [0.15, 0.2) is 33.2 Å². The molecule has 0 saturated carbocycles. The zero-order chi connectivity index (χ0) is 12.6. The summed E-state index contributed by atoms with van der Waals surface area (Å²) in [5, 5.41) is 0.513. The van der Waals surface area contributed by atoms with Crippen molar-refractivity contribution in [2.24, 2.45) is 0 Å². The van der Waals surface area contributed by atoms with Gasteiger partial charge in [-0.25, -0.2) is 0 Å². The average Bonchev–Trinajstić information content (AvgIpc) is 2.62. The molecular formula is C12H8Br2Cl2S. The van der Waals surface area contributed by atoms with Crippen LogP contribution in [0.5, 0.6) is 0 Å². The second-order valence-electron chi connectivity index (χ2n) is 3.58. The lowest BCUT2D eigenvalue weighted by atomic mass is 10.1. The van der Waals surface area contributed by atoms with Crippen molar-refractivity contribution in [1.29, 1.82) is 0 Å². The van der Waals surface area contributed by atoms with Gasteiger partial charge < -0.3 is 0 Å². The molecule has 17 heavy (non-hydrogen) atoms. The Labute approximate surface area is 131 Å². The minimum atomic E-state index is -0.182. The second kappa shape index (κ2) is 5.62. The number of alkyl halides is 1. The lowest BCUT2D eigenvalue weighted by molar-refractivity contribution is 1.17. The monoisotopic (exact) mass is 412 g/mol. The first-order valence-corrected chi connectivity index (χ1v) is 8.05. The van der Waals surface area contributed by atoms with E-state index in [9.17, 15) is 0 Å². The van der Waals surface area contributed by atoms with Crippen LogP contribution >= 0.6 is 66.4 Å². The van der Waals surface area contributed by atoms with E-state index in [4.69, 9.17) is 23.2 Å². The van der Waals surface area contributed by atoms with Gasteiger partial charge in [0.2, 0.25) is 0 Å². The van der Waals surface area contributed by atoms with Crippen molar-refractivity contribution >= 4 is 66.4 Å². The number of hydrogen-bond acceptors (Lipinski definition) is 1. The van der Waals surface area contributed by atoms with Crippen LogP contribution in [-0.2, 0) is 0 Å². The zero-order valence-corrected chi connectivity index (χ0v) is 14.3. The van der Waals surface area contributed by atoms with E-state index in [-0.39, 0.29) is 5.38 Å². The van der Waals surface area contributed by atoms with Crippen molar-refractivity contribution in [2.75, 3.05) is 0 Å². The van der Waals surface area contributed by atoms with Crippen LogP contribution in [0.25, 0.3) is 0 Å². The molecule has 1 aromatic heterocycles. The molecular weight excluding hydrogens is 407 g/mol. The van der Waals surface area contributed by atoms with E-state index in [1.54, 1.807) is 11.3 Å². The van der Waals surface area contributed by atoms with Gasteiger partial charge in [0.05, 0.1) is 5.38 Å². The highest BCUT2D eigenvalue weighted by atomic mass is 79.9. The van der Waals surface area contributed by atoms with Gasteiger partial charge in [-0.05, 0) is 52.7 Å². The molecule has 1 aromatic carbocycles. The van der Waals surface area contributed by atoms with Gasteiger partial charge in [0.1, 0.15) is 0 Å². The van der Waals surface area contributed by atoms with Crippen LogP contribution in [0, 0.1) is 6.92 Å². The number of halogens is 4. The first-order valence-electron chi connectivity index (χ1n) is 4.84. The smallest absolute Gasteiger partial charge is 0.0939 e. The summed E-state index contributed by atoms with van der Waals surface area (Å²) < 4.78 is 2.07. The minimum Gasteiger partial charge on any atom is -0.143 e. The van der Waals surface area contributed by atoms with Gasteiger partial charge in [-0.3, -0.25) is 0 Å². The van der Waals surface area contributed by atoms with E-state index >= 15 is 0 Å². The standard InChI is InChI=1S/C12H8Br2Cl2S/c1-6-10(14)5-11(17-6)12(16)8-4-7(15)2-3-9(8)13/h2-5,12H,1H3. The maximum Gasteiger partial charge on any atom is 0.0939 e. The minimum absolute atomic E-state index is 0.182. The SMILES string of the molecule is Cc1sc(C(Cl)c2cc(Cl)ccc2Br)cc1Br. The normalized spacial score (nSPS) is 12.8. The van der Waals surface area contributed by atoms with Gasteiger partial charge in [-0.1, -0.05) is 27.5 Å². The topological polar surface area (TPSA) is 0 Å². The van der Waals surface area contributed by atoms with Crippen molar-refractivity contribution in [1.82, 2.24) is 0 Å². The summed E-state index contributed by atoms with van der Waals surface area (Å²) in [6.07, 6.45) is 0. The Balaban J connectivity index is 2.42. The van der Waals surface area contributed by atoms with Crippen molar-refractivity contribution in [2.45, 2.75) is 12.3 Å². The van der Waals surface area contributed by atoms with Gasteiger partial charge >= 0.3 is 0 Å². The van der Waals surface area contributed by atoms with Gasteiger partial charge in [0.15, 0.2) is 0 Å². The van der Waals surface area contributed by atoms with Crippen LogP contribution in [0.4, 0.5) is 0 Å². The van der Waals surface area contributed by atoms with Gasteiger partial charge in [0, 0.05) is 23.7 Å². The van der Waals surface area contributed by atoms with Crippen LogP contribution in [0.3, 0.4) is 0 Å². The fraction of sp³-hybridized carbons (Fsp3) is 0.167. The highest BCUT2D eigenvalue weighted by Crippen LogP contribution is 2.40. The maximum atomic E-state index is 6.50. The summed E-state index contributed by atoms with van der Waals surface area (Å²) >= 11 is 21.2. The highest BCUT2D eigenvalue weighted by Gasteiger charge is 2.17. The average molecular weight is 415 g/mol. The predicted octanol–water partition coefficient (Wildman–Crippen LogP) is 6.56. The molecule has 0 nitrogen and oxygen atoms in total. The lowest BCUT2D eigenvalue weighted by Crippen LogP contribution is -1.91. The molecule has 0 radical (unpaired) electrons. The van der Waals surface area contributed by atoms with E-state index in [2.05, 4.69) is 44.8 Å². The highest BCUT2D eigenvalue weighted by molar-refractivity contribution is 9.10. The summed E-state index contributed by atoms with van der Waals surface area (Å²) in [5.74, 6) is 0. The van der Waals surface area contributed by atoms with Crippen LogP contribution in [0.1, 0.15) is 20.7 Å². The third-order valence-corrected chi connectivity index (χ3v) is 6.12. The molecule has 90 valence electrons. The molecule has 1 atom stereocenters. The third kappa shape index (κ3) is 3.07. The number of benzene rings is 1. The summed E-state index contributed by atoms with van der Waals surface area (Å²) in [7, 11) is 0. The summed E-state index contributed by atoms with van der Waals surface area (Å²) in [4.78, 5) is 2.34. The van der Waals surface area contributed by atoms with E-state index in [0.717, 1.165) is 19.4 Å². The Hall–Kier alpha value is 0.460. The van der Waals surface area contributed by atoms with Crippen LogP contribution in [0.2, 0.25) is 5.02 Å². The number of thiophene rings is 1. The summed E-state index contributed by atoms with van der Waals surface area (Å²) in [6.45, 7) is 2.06. The first-order chi connectivity index (χ1) is 7.99. The zero-order valence-electron chi connectivity index (χ0n) is 8.81. The molecule has 0 bridgehead atoms. The first kappa shape index (κ1) is 13.9. The molecule has 0 amide bonds. The molecule has 1 heterocycles. The largest absolute Gasteiger partial charge is 0.143 e. The van der Waals surface area contributed by atoms with Gasteiger partial charge in [0.25, 0.3) is 0 Å². The Morgan fingerprint density at radius 3 is 2.47 bits per heavy atom. The maximum absolute atomic E-state index is 6.50. The molecule has 0 aliphatic heterocycles. The molecule has 5 heteroatoms. The molecule has 2 rings (SSSR count). The number of hydrogen-bond donors (Lipinski definition) is 0. The van der Waals surface area contributed by atoms with Crippen LogP contribution in [-0.4, -0.2) is 0 Å². The van der Waals surface area contributed by atoms with E-state index in [1.165, 1.54) is 4.88 Å². The lowest BCUT2D eigenvalue weighted by Gasteiger charge is -2.10. The van der Waals surface area contributed by atoms with Gasteiger partial charge in [-0.15, -0.1) is 22.9 Å². The molecule has 1 unspecified atom stereocenters. The molecule has 2 aromatic rings. The quantitative estimate of drug-likeness (QED) is 0.488. The van der Waals surface area contributed by atoms with Crippen molar-refractivity contribution in [3.63, 3.8) is 0 Å². The number of aryl methyl sites for hydroxylation is 1. The fourth-order valence-corrected chi connectivity index (χ4v) is 4.19. The molecule has 0 spiro atoms. The Morgan fingerprint density at radius 1 is 1.18 bits per heavy atom. The second-order valence-corrected chi connectivity index (χ2v) is 7.45. The summed E-state index contributed by atoms with van der Waals surface area (Å²) in [5.41, 5.74) is 0.993. The van der Waals surface area contributed by atoms with E-state index in [0.29, 0.717) is 5.02 Å². The van der Waals surface area contributed by atoms with Crippen molar-refractivity contribution in [3.05, 3.63) is 53.6 Å². The summed E-state index contributed by atoms with van der Waals surface area (Å²) in [6, 6.07) is 7.72. The predicted molar refractivity (Wildman–Crippen MR) is 83.6 cm³/mol.